The lowest BCUT2D eigenvalue weighted by Gasteiger charge is -2.32. The van der Waals surface area contributed by atoms with Crippen LogP contribution in [-0.4, -0.2) is 0 Å². The highest BCUT2D eigenvalue weighted by molar-refractivity contribution is 5.04. The second kappa shape index (κ2) is 3.30. The number of hydrogen-bond donors (Lipinski definition) is 0. The molecule has 0 aromatic heterocycles. The Morgan fingerprint density at radius 2 is 1.73 bits per heavy atom. The highest BCUT2D eigenvalue weighted by atomic mass is 14.3. The first-order valence-corrected chi connectivity index (χ1v) is 4.64. The van der Waals surface area contributed by atoms with Gasteiger partial charge in [-0.05, 0) is 32.6 Å². The standard InChI is InChI=1S/C11H18/c1-4-11(2,3)10-8-6-5-7-9-10/h1,10H,5-9H2,2-3H3. The van der Waals surface area contributed by atoms with Crippen LogP contribution in [0.25, 0.3) is 0 Å². The minimum Gasteiger partial charge on any atom is -0.120 e. The van der Waals surface area contributed by atoms with Crippen LogP contribution in [0.3, 0.4) is 0 Å². The molecule has 0 radical (unpaired) electrons. The van der Waals surface area contributed by atoms with E-state index in [0.29, 0.717) is 0 Å². The van der Waals surface area contributed by atoms with Gasteiger partial charge in [0, 0.05) is 5.41 Å². The Hall–Kier alpha value is -0.440. The highest BCUT2D eigenvalue weighted by Crippen LogP contribution is 2.37. The van der Waals surface area contributed by atoms with Crippen molar-refractivity contribution >= 4 is 0 Å². The Balaban J connectivity index is 2.52. The van der Waals surface area contributed by atoms with Gasteiger partial charge in [-0.1, -0.05) is 19.3 Å². The molecule has 1 saturated carbocycles. The molecule has 0 aromatic carbocycles. The summed E-state index contributed by atoms with van der Waals surface area (Å²) < 4.78 is 0. The van der Waals surface area contributed by atoms with E-state index in [1.54, 1.807) is 0 Å². The van der Waals surface area contributed by atoms with E-state index in [1.807, 2.05) is 0 Å². The molecule has 1 rings (SSSR count). The average molecular weight is 150 g/mol. The summed E-state index contributed by atoms with van der Waals surface area (Å²) in [6, 6.07) is 0. The van der Waals surface area contributed by atoms with Crippen LogP contribution in [-0.2, 0) is 0 Å². The van der Waals surface area contributed by atoms with E-state index >= 15 is 0 Å². The van der Waals surface area contributed by atoms with Crippen LogP contribution in [0.4, 0.5) is 0 Å². The maximum atomic E-state index is 5.49. The van der Waals surface area contributed by atoms with Crippen molar-refractivity contribution in [3.05, 3.63) is 0 Å². The van der Waals surface area contributed by atoms with Gasteiger partial charge in [0.05, 0.1) is 0 Å². The second-order valence-electron chi connectivity index (χ2n) is 4.20. The zero-order valence-electron chi connectivity index (χ0n) is 7.69. The Bertz CT molecular complexity index is 153. The van der Waals surface area contributed by atoms with Crippen molar-refractivity contribution in [1.82, 2.24) is 0 Å². The average Bonchev–Trinajstić information content (AvgIpc) is 2.06. The Kier molecular flexibility index (Phi) is 2.60. The normalized spacial score (nSPS) is 21.2. The van der Waals surface area contributed by atoms with Crippen LogP contribution in [0.5, 0.6) is 0 Å². The predicted molar refractivity (Wildman–Crippen MR) is 49.2 cm³/mol. The zero-order valence-corrected chi connectivity index (χ0v) is 7.69. The predicted octanol–water partition coefficient (Wildman–Crippen LogP) is 3.23. The van der Waals surface area contributed by atoms with E-state index in [0.717, 1.165) is 5.92 Å². The molecule has 1 aliphatic carbocycles. The van der Waals surface area contributed by atoms with Crippen LogP contribution >= 0.6 is 0 Å². The smallest absolute Gasteiger partial charge is 0.0283 e. The lowest BCUT2D eigenvalue weighted by Crippen LogP contribution is -2.24. The molecule has 62 valence electrons. The van der Waals surface area contributed by atoms with Crippen LogP contribution in [0.15, 0.2) is 0 Å². The van der Waals surface area contributed by atoms with Crippen LogP contribution in [0.1, 0.15) is 46.0 Å². The van der Waals surface area contributed by atoms with Gasteiger partial charge in [0.15, 0.2) is 0 Å². The molecule has 11 heavy (non-hydrogen) atoms. The molecule has 0 atom stereocenters. The van der Waals surface area contributed by atoms with Crippen LogP contribution in [0.2, 0.25) is 0 Å². The van der Waals surface area contributed by atoms with Gasteiger partial charge < -0.3 is 0 Å². The molecule has 0 heterocycles. The van der Waals surface area contributed by atoms with Gasteiger partial charge in [-0.3, -0.25) is 0 Å². The first-order chi connectivity index (χ1) is 5.17. The summed E-state index contributed by atoms with van der Waals surface area (Å²) >= 11 is 0. The molecule has 1 aliphatic rings. The van der Waals surface area contributed by atoms with Crippen molar-refractivity contribution in [2.45, 2.75) is 46.0 Å². The van der Waals surface area contributed by atoms with Gasteiger partial charge in [0.1, 0.15) is 0 Å². The van der Waals surface area contributed by atoms with Crippen molar-refractivity contribution in [3.8, 4) is 12.3 Å². The SMILES string of the molecule is C#CC(C)(C)C1CCCCC1. The molecule has 0 unspecified atom stereocenters. The number of rotatable bonds is 1. The Labute approximate surface area is 70.4 Å². The van der Waals surface area contributed by atoms with Crippen molar-refractivity contribution in [2.75, 3.05) is 0 Å². The Morgan fingerprint density at radius 1 is 1.18 bits per heavy atom. The molecule has 0 heteroatoms. The maximum absolute atomic E-state index is 5.49. The fraction of sp³-hybridized carbons (Fsp3) is 0.818. The van der Waals surface area contributed by atoms with Crippen molar-refractivity contribution < 1.29 is 0 Å². The molecule has 0 spiro atoms. The molecule has 1 fully saturated rings. The molecule has 0 aliphatic heterocycles. The fourth-order valence-electron chi connectivity index (χ4n) is 1.94. The molecule has 0 aromatic rings. The maximum Gasteiger partial charge on any atom is 0.0283 e. The monoisotopic (exact) mass is 150 g/mol. The van der Waals surface area contributed by atoms with Crippen LogP contribution in [0, 0.1) is 23.7 Å². The summed E-state index contributed by atoms with van der Waals surface area (Å²) in [5.41, 5.74) is 0.139. The second-order valence-corrected chi connectivity index (χ2v) is 4.20. The lowest BCUT2D eigenvalue weighted by molar-refractivity contribution is 0.220. The topological polar surface area (TPSA) is 0 Å². The van der Waals surface area contributed by atoms with Gasteiger partial charge in [0.25, 0.3) is 0 Å². The summed E-state index contributed by atoms with van der Waals surface area (Å²) in [5, 5.41) is 0. The molecule has 0 N–H and O–H groups in total. The van der Waals surface area contributed by atoms with E-state index in [1.165, 1.54) is 32.1 Å². The van der Waals surface area contributed by atoms with Gasteiger partial charge in [0.2, 0.25) is 0 Å². The quantitative estimate of drug-likeness (QED) is 0.503. The summed E-state index contributed by atoms with van der Waals surface area (Å²) in [6.45, 7) is 4.39. The van der Waals surface area contributed by atoms with E-state index in [9.17, 15) is 0 Å². The third kappa shape index (κ3) is 1.99. The summed E-state index contributed by atoms with van der Waals surface area (Å²) in [7, 11) is 0. The third-order valence-corrected chi connectivity index (χ3v) is 3.00. The summed E-state index contributed by atoms with van der Waals surface area (Å²) in [5.74, 6) is 3.69. The van der Waals surface area contributed by atoms with E-state index < -0.39 is 0 Å². The van der Waals surface area contributed by atoms with E-state index in [2.05, 4.69) is 19.8 Å². The first kappa shape index (κ1) is 8.65. The van der Waals surface area contributed by atoms with Crippen LogP contribution < -0.4 is 0 Å². The highest BCUT2D eigenvalue weighted by Gasteiger charge is 2.28. The largest absolute Gasteiger partial charge is 0.120 e. The van der Waals surface area contributed by atoms with Crippen molar-refractivity contribution in [1.29, 1.82) is 0 Å². The molecular weight excluding hydrogens is 132 g/mol. The number of terminal acetylenes is 1. The third-order valence-electron chi connectivity index (χ3n) is 3.00. The van der Waals surface area contributed by atoms with E-state index in [4.69, 9.17) is 6.42 Å². The minimum absolute atomic E-state index is 0.139. The lowest BCUT2D eigenvalue weighted by atomic mass is 9.72. The van der Waals surface area contributed by atoms with Crippen molar-refractivity contribution in [3.63, 3.8) is 0 Å². The van der Waals surface area contributed by atoms with Gasteiger partial charge in [-0.25, -0.2) is 0 Å². The summed E-state index contributed by atoms with van der Waals surface area (Å²) in [6.07, 6.45) is 12.4. The van der Waals surface area contributed by atoms with E-state index in [-0.39, 0.29) is 5.41 Å². The minimum atomic E-state index is 0.139. The zero-order chi connectivity index (χ0) is 8.32. The molecule has 0 saturated heterocycles. The Morgan fingerprint density at radius 3 is 2.18 bits per heavy atom. The van der Waals surface area contributed by atoms with Gasteiger partial charge >= 0.3 is 0 Å². The van der Waals surface area contributed by atoms with Gasteiger partial charge in [-0.15, -0.1) is 12.3 Å². The number of hydrogen-bond acceptors (Lipinski definition) is 0. The molecular formula is C11H18. The molecule has 0 nitrogen and oxygen atoms in total. The first-order valence-electron chi connectivity index (χ1n) is 4.64. The molecule has 0 amide bonds. The van der Waals surface area contributed by atoms with Crippen molar-refractivity contribution in [2.24, 2.45) is 11.3 Å². The molecule has 0 bridgehead atoms. The van der Waals surface area contributed by atoms with Gasteiger partial charge in [-0.2, -0.15) is 0 Å². The fourth-order valence-corrected chi connectivity index (χ4v) is 1.94. The summed E-state index contributed by atoms with van der Waals surface area (Å²) in [4.78, 5) is 0.